The third-order valence-electron chi connectivity index (χ3n) is 4.44. The van der Waals surface area contributed by atoms with Crippen LogP contribution in [0.25, 0.3) is 22.6 Å². The van der Waals surface area contributed by atoms with Gasteiger partial charge in [-0.05, 0) is 55.0 Å². The van der Waals surface area contributed by atoms with Crippen LogP contribution in [0.15, 0.2) is 63.5 Å². The van der Waals surface area contributed by atoms with Crippen molar-refractivity contribution in [1.29, 1.82) is 0 Å². The zero-order chi connectivity index (χ0) is 20.5. The monoisotopic (exact) mass is 470 g/mol. The van der Waals surface area contributed by atoms with Gasteiger partial charge in [-0.15, -0.1) is 0 Å². The summed E-state index contributed by atoms with van der Waals surface area (Å²) >= 11 is 9.79. The van der Waals surface area contributed by atoms with Crippen molar-refractivity contribution in [3.63, 3.8) is 0 Å². The molecule has 0 aliphatic rings. The van der Waals surface area contributed by atoms with Crippen molar-refractivity contribution < 1.29 is 13.9 Å². The maximum Gasteiger partial charge on any atom is 0.259 e. The fourth-order valence-electron chi connectivity index (χ4n) is 3.12. The molecule has 29 heavy (non-hydrogen) atoms. The van der Waals surface area contributed by atoms with Gasteiger partial charge in [0.05, 0.1) is 23.3 Å². The van der Waals surface area contributed by atoms with E-state index in [4.69, 9.17) is 20.8 Å². The average Bonchev–Trinajstić information content (AvgIpc) is 3.12. The quantitative estimate of drug-likeness (QED) is 0.370. The van der Waals surface area contributed by atoms with E-state index in [9.17, 15) is 4.79 Å². The van der Waals surface area contributed by atoms with E-state index in [-0.39, 0.29) is 5.91 Å². The van der Waals surface area contributed by atoms with Crippen LogP contribution in [-0.2, 0) is 0 Å². The highest BCUT2D eigenvalue weighted by Gasteiger charge is 2.17. The molecule has 146 valence electrons. The van der Waals surface area contributed by atoms with Gasteiger partial charge in [0.25, 0.3) is 5.91 Å². The highest BCUT2D eigenvalue weighted by molar-refractivity contribution is 9.10. The number of para-hydroxylation sites is 2. The van der Waals surface area contributed by atoms with Crippen LogP contribution in [0.3, 0.4) is 0 Å². The Bertz CT molecular complexity index is 1200. The molecular formula is C22H16BrClN2O3. The number of ether oxygens (including phenoxy) is 1. The number of rotatable bonds is 4. The molecule has 5 nitrogen and oxygen atoms in total. The lowest BCUT2D eigenvalue weighted by Gasteiger charge is -2.13. The number of aryl methyl sites for hydroxylation is 1. The fraction of sp³-hybridized carbons (Fsp3) is 0.0909. The maximum absolute atomic E-state index is 12.9. The SMILES string of the molecule is COc1c(C)cc(Br)cc1C(=O)Nc1ccc(Cl)c(-c2nc3ccccc3o2)c1. The van der Waals surface area contributed by atoms with E-state index in [0.717, 1.165) is 15.6 Å². The van der Waals surface area contributed by atoms with Crippen LogP contribution < -0.4 is 10.1 Å². The second kappa shape index (κ2) is 7.89. The van der Waals surface area contributed by atoms with Gasteiger partial charge in [0.2, 0.25) is 5.89 Å². The molecule has 4 rings (SSSR count). The predicted octanol–water partition coefficient (Wildman–Crippen LogP) is 6.48. The second-order valence-corrected chi connectivity index (χ2v) is 7.76. The molecule has 0 aliphatic carbocycles. The molecule has 0 radical (unpaired) electrons. The molecule has 4 aromatic rings. The molecule has 7 heteroatoms. The average molecular weight is 472 g/mol. The molecule has 0 saturated heterocycles. The Morgan fingerprint density at radius 2 is 1.97 bits per heavy atom. The van der Waals surface area contributed by atoms with E-state index in [1.807, 2.05) is 37.3 Å². The minimum atomic E-state index is -0.294. The normalized spacial score (nSPS) is 10.9. The highest BCUT2D eigenvalue weighted by atomic mass is 79.9. The van der Waals surface area contributed by atoms with Crippen LogP contribution in [0.2, 0.25) is 5.02 Å². The van der Waals surface area contributed by atoms with Crippen LogP contribution in [0, 0.1) is 6.92 Å². The zero-order valence-corrected chi connectivity index (χ0v) is 18.0. The van der Waals surface area contributed by atoms with Gasteiger partial charge < -0.3 is 14.5 Å². The highest BCUT2D eigenvalue weighted by Crippen LogP contribution is 2.33. The molecule has 0 saturated carbocycles. The summed E-state index contributed by atoms with van der Waals surface area (Å²) in [5, 5.41) is 3.37. The van der Waals surface area contributed by atoms with Crippen molar-refractivity contribution in [1.82, 2.24) is 4.98 Å². The van der Waals surface area contributed by atoms with Crippen molar-refractivity contribution in [2.75, 3.05) is 12.4 Å². The largest absolute Gasteiger partial charge is 0.496 e. The second-order valence-electron chi connectivity index (χ2n) is 6.44. The number of aromatic nitrogens is 1. The van der Waals surface area contributed by atoms with E-state index in [1.165, 1.54) is 0 Å². The topological polar surface area (TPSA) is 64.4 Å². The molecule has 0 spiro atoms. The molecule has 0 aliphatic heterocycles. The van der Waals surface area contributed by atoms with Crippen LogP contribution in [-0.4, -0.2) is 18.0 Å². The minimum absolute atomic E-state index is 0.294. The number of hydrogen-bond donors (Lipinski definition) is 1. The first-order valence-corrected chi connectivity index (χ1v) is 9.94. The summed E-state index contributed by atoms with van der Waals surface area (Å²) in [6.45, 7) is 1.88. The van der Waals surface area contributed by atoms with Gasteiger partial charge in [0, 0.05) is 10.2 Å². The lowest BCUT2D eigenvalue weighted by atomic mass is 10.1. The van der Waals surface area contributed by atoms with Gasteiger partial charge in [-0.2, -0.15) is 0 Å². The van der Waals surface area contributed by atoms with E-state index >= 15 is 0 Å². The summed E-state index contributed by atoms with van der Waals surface area (Å²) in [4.78, 5) is 17.4. The van der Waals surface area contributed by atoms with E-state index in [1.54, 1.807) is 31.4 Å². The Labute approximate surface area is 180 Å². The van der Waals surface area contributed by atoms with Crippen LogP contribution in [0.5, 0.6) is 5.75 Å². The number of oxazole rings is 1. The molecule has 1 N–H and O–H groups in total. The van der Waals surface area contributed by atoms with Gasteiger partial charge in [-0.25, -0.2) is 4.98 Å². The molecule has 0 bridgehead atoms. The fourth-order valence-corrected chi connectivity index (χ4v) is 3.89. The van der Waals surface area contributed by atoms with E-state index in [2.05, 4.69) is 26.2 Å². The lowest BCUT2D eigenvalue weighted by molar-refractivity contribution is 0.102. The number of carbonyl (C=O) groups excluding carboxylic acids is 1. The Morgan fingerprint density at radius 3 is 2.72 bits per heavy atom. The Hall–Kier alpha value is -2.83. The zero-order valence-electron chi connectivity index (χ0n) is 15.6. The number of anilines is 1. The Morgan fingerprint density at radius 1 is 1.17 bits per heavy atom. The van der Waals surface area contributed by atoms with Crippen molar-refractivity contribution in [3.05, 3.63) is 75.2 Å². The number of benzene rings is 3. The number of methoxy groups -OCH3 is 1. The first kappa shape index (κ1) is 19.5. The molecule has 0 atom stereocenters. The number of nitrogens with zero attached hydrogens (tertiary/aromatic N) is 1. The third kappa shape index (κ3) is 3.86. The number of nitrogens with one attached hydrogen (secondary N) is 1. The van der Waals surface area contributed by atoms with Crippen LogP contribution in [0.1, 0.15) is 15.9 Å². The van der Waals surface area contributed by atoms with Gasteiger partial charge >= 0.3 is 0 Å². The van der Waals surface area contributed by atoms with Gasteiger partial charge in [-0.1, -0.05) is 39.7 Å². The molecule has 1 aromatic heterocycles. The van der Waals surface area contributed by atoms with Crippen LogP contribution >= 0.6 is 27.5 Å². The Kier molecular flexibility index (Phi) is 5.30. The van der Waals surface area contributed by atoms with Crippen LogP contribution in [0.4, 0.5) is 5.69 Å². The van der Waals surface area contributed by atoms with Gasteiger partial charge in [0.15, 0.2) is 5.58 Å². The number of amides is 1. The first-order valence-electron chi connectivity index (χ1n) is 8.77. The predicted molar refractivity (Wildman–Crippen MR) is 118 cm³/mol. The minimum Gasteiger partial charge on any atom is -0.496 e. The molecule has 0 unspecified atom stereocenters. The lowest BCUT2D eigenvalue weighted by Crippen LogP contribution is -2.14. The Balaban J connectivity index is 1.69. The summed E-state index contributed by atoms with van der Waals surface area (Å²) < 4.78 is 12.0. The van der Waals surface area contributed by atoms with Crippen molar-refractivity contribution >= 4 is 50.2 Å². The van der Waals surface area contributed by atoms with Gasteiger partial charge in [-0.3, -0.25) is 4.79 Å². The number of hydrogen-bond acceptors (Lipinski definition) is 4. The van der Waals surface area contributed by atoms with Gasteiger partial charge in [0.1, 0.15) is 11.3 Å². The summed E-state index contributed by atoms with van der Waals surface area (Å²) in [5.41, 5.74) is 3.85. The summed E-state index contributed by atoms with van der Waals surface area (Å²) in [7, 11) is 1.54. The number of carbonyl (C=O) groups is 1. The molecule has 1 amide bonds. The van der Waals surface area contributed by atoms with Crippen molar-refractivity contribution in [2.24, 2.45) is 0 Å². The maximum atomic E-state index is 12.9. The molecule has 1 heterocycles. The number of fused-ring (bicyclic) bond motifs is 1. The number of halogens is 2. The molecule has 0 fully saturated rings. The first-order chi connectivity index (χ1) is 14.0. The summed E-state index contributed by atoms with van der Waals surface area (Å²) in [5.74, 6) is 0.624. The van der Waals surface area contributed by atoms with E-state index < -0.39 is 0 Å². The molecular weight excluding hydrogens is 456 g/mol. The standard InChI is InChI=1S/C22H16BrClN2O3/c1-12-9-13(23)10-16(20(12)28-2)21(27)25-14-7-8-17(24)15(11-14)22-26-18-5-3-4-6-19(18)29-22/h3-11H,1-2H3,(H,25,27). The van der Waals surface area contributed by atoms with Crippen molar-refractivity contribution in [3.8, 4) is 17.2 Å². The molecule has 3 aromatic carbocycles. The van der Waals surface area contributed by atoms with E-state index in [0.29, 0.717) is 39.1 Å². The smallest absolute Gasteiger partial charge is 0.259 e. The summed E-state index contributed by atoms with van der Waals surface area (Å²) in [6, 6.07) is 16.2. The van der Waals surface area contributed by atoms with Crippen molar-refractivity contribution in [2.45, 2.75) is 6.92 Å². The third-order valence-corrected chi connectivity index (χ3v) is 5.22. The summed E-state index contributed by atoms with van der Waals surface area (Å²) in [6.07, 6.45) is 0.